The average molecular weight is 420 g/mol. The van der Waals surface area contributed by atoms with Gasteiger partial charge in [0.25, 0.3) is 15.9 Å². The Morgan fingerprint density at radius 3 is 2.75 bits per heavy atom. The number of hydrogen-bond acceptors (Lipinski definition) is 7. The molecule has 3 amide bonds. The molecule has 1 aromatic carbocycles. The fraction of sp³-hybridized carbons (Fsp3) is 0.294. The number of aromatic nitrogens is 1. The van der Waals surface area contributed by atoms with Crippen molar-refractivity contribution in [3.63, 3.8) is 0 Å². The second kappa shape index (κ2) is 6.67. The lowest BCUT2D eigenvalue weighted by atomic mass is 10.0. The van der Waals surface area contributed by atoms with Crippen molar-refractivity contribution in [1.29, 1.82) is 0 Å². The maximum atomic E-state index is 12.8. The number of sulfonamides is 1. The second-order valence-corrected chi connectivity index (χ2v) is 9.68. The van der Waals surface area contributed by atoms with Crippen molar-refractivity contribution >= 4 is 44.8 Å². The number of carbonyl (C=O) groups is 3. The standard InChI is InChI=1S/C17H16N4O5S2/c1-9-18-7-15(27-9)28(25,26)20-12-4-2-3-10-11(12)8-21(17(10)24)13-5-6-14(22)19-16(13)23/h2-4,7,13,20H,5-6,8H2,1H3,(H,19,22,23). The average Bonchev–Trinajstić information content (AvgIpc) is 3.21. The first-order chi connectivity index (χ1) is 13.3. The molecule has 1 fully saturated rings. The van der Waals surface area contributed by atoms with Gasteiger partial charge in [0, 0.05) is 24.1 Å². The predicted molar refractivity (Wildman–Crippen MR) is 100 cm³/mol. The maximum Gasteiger partial charge on any atom is 0.273 e. The van der Waals surface area contributed by atoms with E-state index in [-0.39, 0.29) is 41.1 Å². The summed E-state index contributed by atoms with van der Waals surface area (Å²) in [7, 11) is -3.84. The maximum absolute atomic E-state index is 12.8. The van der Waals surface area contributed by atoms with E-state index in [0.717, 1.165) is 11.3 Å². The fourth-order valence-corrected chi connectivity index (χ4v) is 5.54. The molecule has 11 heteroatoms. The van der Waals surface area contributed by atoms with E-state index in [1.165, 1.54) is 11.1 Å². The van der Waals surface area contributed by atoms with Crippen LogP contribution in [-0.2, 0) is 26.2 Å². The van der Waals surface area contributed by atoms with Crippen molar-refractivity contribution in [2.45, 2.75) is 36.6 Å². The van der Waals surface area contributed by atoms with Crippen LogP contribution in [0.3, 0.4) is 0 Å². The number of imide groups is 1. The molecule has 0 saturated carbocycles. The van der Waals surface area contributed by atoms with Crippen LogP contribution >= 0.6 is 11.3 Å². The Kier molecular flexibility index (Phi) is 4.42. The lowest BCUT2D eigenvalue weighted by molar-refractivity contribution is -0.136. The number of benzene rings is 1. The molecule has 1 aromatic heterocycles. The van der Waals surface area contributed by atoms with Crippen molar-refractivity contribution in [3.05, 3.63) is 40.5 Å². The van der Waals surface area contributed by atoms with Gasteiger partial charge in [-0.15, -0.1) is 11.3 Å². The van der Waals surface area contributed by atoms with Crippen LogP contribution in [0.15, 0.2) is 28.6 Å². The van der Waals surface area contributed by atoms with Crippen LogP contribution in [0, 0.1) is 6.92 Å². The van der Waals surface area contributed by atoms with Crippen LogP contribution < -0.4 is 10.0 Å². The lowest BCUT2D eigenvalue weighted by Crippen LogP contribution is -2.52. The number of thiazole rings is 1. The summed E-state index contributed by atoms with van der Waals surface area (Å²) in [5.74, 6) is -1.24. The summed E-state index contributed by atoms with van der Waals surface area (Å²) in [6.45, 7) is 1.79. The molecular weight excluding hydrogens is 404 g/mol. The first-order valence-corrected chi connectivity index (χ1v) is 10.8. The van der Waals surface area contributed by atoms with Crippen LogP contribution in [0.25, 0.3) is 0 Å². The van der Waals surface area contributed by atoms with Crippen LogP contribution in [0.5, 0.6) is 0 Å². The molecule has 2 aliphatic heterocycles. The number of aryl methyl sites for hydroxylation is 1. The minimum Gasteiger partial charge on any atom is -0.322 e. The molecule has 4 rings (SSSR count). The zero-order valence-corrected chi connectivity index (χ0v) is 16.4. The number of nitrogens with one attached hydrogen (secondary N) is 2. The van der Waals surface area contributed by atoms with Gasteiger partial charge in [-0.05, 0) is 25.5 Å². The fourth-order valence-electron chi connectivity index (χ4n) is 3.34. The summed E-state index contributed by atoms with van der Waals surface area (Å²) in [6, 6.07) is 4.00. The molecule has 146 valence electrons. The van der Waals surface area contributed by atoms with Gasteiger partial charge in [0.05, 0.1) is 16.9 Å². The number of anilines is 1. The smallest absolute Gasteiger partial charge is 0.273 e. The Labute approximate surface area is 164 Å². The minimum atomic E-state index is -3.84. The van der Waals surface area contributed by atoms with Gasteiger partial charge in [-0.25, -0.2) is 13.4 Å². The SMILES string of the molecule is Cc1ncc(S(=O)(=O)Nc2cccc3c2CN(C2CCC(=O)NC2=O)C3=O)s1. The number of piperidine rings is 1. The molecule has 1 saturated heterocycles. The monoisotopic (exact) mass is 420 g/mol. The summed E-state index contributed by atoms with van der Waals surface area (Å²) in [5, 5.41) is 2.86. The third-order valence-corrected chi connectivity index (χ3v) is 7.43. The number of nitrogens with zero attached hydrogens (tertiary/aromatic N) is 2. The topological polar surface area (TPSA) is 126 Å². The minimum absolute atomic E-state index is 0.0777. The highest BCUT2D eigenvalue weighted by Crippen LogP contribution is 2.33. The van der Waals surface area contributed by atoms with Gasteiger partial charge in [0.2, 0.25) is 11.8 Å². The van der Waals surface area contributed by atoms with Crippen molar-refractivity contribution in [3.8, 4) is 0 Å². The number of fused-ring (bicyclic) bond motifs is 1. The van der Waals surface area contributed by atoms with Gasteiger partial charge in [-0.2, -0.15) is 0 Å². The van der Waals surface area contributed by atoms with Gasteiger partial charge >= 0.3 is 0 Å². The zero-order chi connectivity index (χ0) is 20.1. The van der Waals surface area contributed by atoms with Crippen LogP contribution in [0.2, 0.25) is 0 Å². The van der Waals surface area contributed by atoms with Crippen molar-refractivity contribution in [2.75, 3.05) is 4.72 Å². The van der Waals surface area contributed by atoms with Crippen molar-refractivity contribution in [2.24, 2.45) is 0 Å². The zero-order valence-electron chi connectivity index (χ0n) is 14.8. The Morgan fingerprint density at radius 1 is 1.29 bits per heavy atom. The van der Waals surface area contributed by atoms with Crippen molar-refractivity contribution in [1.82, 2.24) is 15.2 Å². The molecule has 2 N–H and O–H groups in total. The summed E-state index contributed by atoms with van der Waals surface area (Å²) in [5.41, 5.74) is 1.12. The number of carbonyl (C=O) groups excluding carboxylic acids is 3. The van der Waals surface area contributed by atoms with Gasteiger partial charge in [0.15, 0.2) is 4.21 Å². The van der Waals surface area contributed by atoms with E-state index >= 15 is 0 Å². The highest BCUT2D eigenvalue weighted by Gasteiger charge is 2.40. The van der Waals surface area contributed by atoms with E-state index < -0.39 is 22.0 Å². The third kappa shape index (κ3) is 3.16. The molecule has 0 spiro atoms. The quantitative estimate of drug-likeness (QED) is 0.711. The van der Waals surface area contributed by atoms with E-state index in [4.69, 9.17) is 0 Å². The van der Waals surface area contributed by atoms with E-state index in [1.54, 1.807) is 25.1 Å². The number of hydrogen-bond donors (Lipinski definition) is 2. The molecule has 1 atom stereocenters. The largest absolute Gasteiger partial charge is 0.322 e. The molecule has 0 radical (unpaired) electrons. The first kappa shape index (κ1) is 18.6. The number of amides is 3. The molecule has 0 bridgehead atoms. The summed E-state index contributed by atoms with van der Waals surface area (Å²) >= 11 is 1.05. The first-order valence-electron chi connectivity index (χ1n) is 8.48. The highest BCUT2D eigenvalue weighted by molar-refractivity contribution is 7.94. The van der Waals surface area contributed by atoms with Crippen LogP contribution in [0.4, 0.5) is 5.69 Å². The summed E-state index contributed by atoms with van der Waals surface area (Å²) in [4.78, 5) is 41.6. The second-order valence-electron chi connectivity index (χ2n) is 6.54. The molecule has 3 heterocycles. The Bertz CT molecular complexity index is 1110. The predicted octanol–water partition coefficient (Wildman–Crippen LogP) is 1.01. The molecule has 28 heavy (non-hydrogen) atoms. The molecule has 1 unspecified atom stereocenters. The molecule has 2 aromatic rings. The third-order valence-electron chi connectivity index (χ3n) is 4.69. The van der Waals surface area contributed by atoms with Gasteiger partial charge in [-0.1, -0.05) is 6.07 Å². The summed E-state index contributed by atoms with van der Waals surface area (Å²) < 4.78 is 27.9. The van der Waals surface area contributed by atoms with Crippen LogP contribution in [-0.4, -0.2) is 42.1 Å². The van der Waals surface area contributed by atoms with Gasteiger partial charge in [-0.3, -0.25) is 24.4 Å². The Balaban J connectivity index is 1.63. The van der Waals surface area contributed by atoms with E-state index in [1.807, 2.05) is 0 Å². The van der Waals surface area contributed by atoms with E-state index in [0.29, 0.717) is 16.1 Å². The lowest BCUT2D eigenvalue weighted by Gasteiger charge is -2.29. The molecule has 0 aliphatic carbocycles. The van der Waals surface area contributed by atoms with E-state index in [2.05, 4.69) is 15.0 Å². The van der Waals surface area contributed by atoms with Crippen LogP contribution in [0.1, 0.15) is 33.8 Å². The molecule has 9 nitrogen and oxygen atoms in total. The Morgan fingerprint density at radius 2 is 2.07 bits per heavy atom. The number of rotatable bonds is 4. The van der Waals surface area contributed by atoms with Gasteiger partial charge in [0.1, 0.15) is 6.04 Å². The summed E-state index contributed by atoms with van der Waals surface area (Å²) in [6.07, 6.45) is 1.68. The normalized spacial score (nSPS) is 19.5. The molecule has 2 aliphatic rings. The van der Waals surface area contributed by atoms with E-state index in [9.17, 15) is 22.8 Å². The van der Waals surface area contributed by atoms with Crippen molar-refractivity contribution < 1.29 is 22.8 Å². The molecular formula is C17H16N4O5S2. The van der Waals surface area contributed by atoms with Gasteiger partial charge < -0.3 is 4.90 Å². The Hall–Kier alpha value is -2.79. The highest BCUT2D eigenvalue weighted by atomic mass is 32.2.